The second-order valence-electron chi connectivity index (χ2n) is 11.9. The highest BCUT2D eigenvalue weighted by atomic mass is 35.5. The van der Waals surface area contributed by atoms with Crippen LogP contribution in [0.5, 0.6) is 0 Å². The van der Waals surface area contributed by atoms with E-state index in [1.165, 1.54) is 4.68 Å². The fourth-order valence-electron chi connectivity index (χ4n) is 5.70. The van der Waals surface area contributed by atoms with E-state index < -0.39 is 11.6 Å². The number of fused-ring (bicyclic) bond motifs is 3. The van der Waals surface area contributed by atoms with Gasteiger partial charge in [-0.25, -0.2) is 28.1 Å². The van der Waals surface area contributed by atoms with Gasteiger partial charge in [-0.1, -0.05) is 34.2 Å². The summed E-state index contributed by atoms with van der Waals surface area (Å²) in [5.41, 5.74) is 7.83. The van der Waals surface area contributed by atoms with Crippen LogP contribution in [0.4, 0.5) is 8.78 Å². The first-order chi connectivity index (χ1) is 25.9. The van der Waals surface area contributed by atoms with Gasteiger partial charge in [-0.15, -0.1) is 10.2 Å². The normalized spacial score (nSPS) is 11.4. The Morgan fingerprint density at radius 3 is 2.25 bits per heavy atom. The zero-order chi connectivity index (χ0) is 36.3. The molecule has 0 aliphatic rings. The lowest BCUT2D eigenvalue weighted by atomic mass is 10.1. The fourth-order valence-corrected chi connectivity index (χ4v) is 5.91. The lowest BCUT2D eigenvalue weighted by molar-refractivity contribution is 0.183. The molecule has 0 unspecified atom stereocenters. The number of hydrogen-bond acceptors (Lipinski definition) is 10. The van der Waals surface area contributed by atoms with Gasteiger partial charge in [-0.3, -0.25) is 14.8 Å². The van der Waals surface area contributed by atoms with Gasteiger partial charge in [0.05, 0.1) is 60.6 Å². The Morgan fingerprint density at radius 1 is 0.792 bits per heavy atom. The van der Waals surface area contributed by atoms with Crippen LogP contribution in [-0.2, 0) is 24.4 Å². The molecule has 9 rings (SSSR count). The first-order valence-electron chi connectivity index (χ1n) is 16.3. The monoisotopic (exact) mass is 731 g/mol. The number of ether oxygens (including phenoxy) is 1. The van der Waals surface area contributed by atoms with E-state index in [1.807, 2.05) is 46.0 Å². The third-order valence-corrected chi connectivity index (χ3v) is 8.82. The molecule has 0 atom stereocenters. The molecule has 264 valence electrons. The molecule has 53 heavy (non-hydrogen) atoms. The van der Waals surface area contributed by atoms with Gasteiger partial charge in [-0.2, -0.15) is 10.2 Å². The summed E-state index contributed by atoms with van der Waals surface area (Å²) in [5.74, 6) is -1.31. The number of rotatable bonds is 9. The number of H-pyrrole nitrogens is 1. The van der Waals surface area contributed by atoms with Crippen LogP contribution in [0.3, 0.4) is 0 Å². The van der Waals surface area contributed by atoms with Gasteiger partial charge in [0.15, 0.2) is 11.3 Å². The summed E-state index contributed by atoms with van der Waals surface area (Å²) in [6.07, 6.45) is 8.92. The number of hydrogen-bond donors (Lipinski definition) is 1. The molecule has 0 spiro atoms. The number of aromatic nitrogens is 13. The van der Waals surface area contributed by atoms with E-state index >= 15 is 0 Å². The van der Waals surface area contributed by atoms with Crippen LogP contribution in [0.15, 0.2) is 97.7 Å². The number of nitrogens with zero attached hydrogens (tertiary/aromatic N) is 12. The van der Waals surface area contributed by atoms with Gasteiger partial charge < -0.3 is 4.74 Å². The summed E-state index contributed by atoms with van der Waals surface area (Å²) in [7, 11) is 1.68. The minimum atomic E-state index is -0.690. The maximum atomic E-state index is 14.0. The molecule has 17 heteroatoms. The number of pyridine rings is 3. The van der Waals surface area contributed by atoms with Crippen LogP contribution in [0.25, 0.3) is 55.7 Å². The number of benzene rings is 2. The molecule has 9 aromatic rings. The average Bonchev–Trinajstić information content (AvgIpc) is 4.02. The van der Waals surface area contributed by atoms with Crippen molar-refractivity contribution in [2.45, 2.75) is 19.6 Å². The van der Waals surface area contributed by atoms with E-state index in [0.29, 0.717) is 36.6 Å². The lowest BCUT2D eigenvalue weighted by Gasteiger charge is -2.07. The number of nitrogens with one attached hydrogen (secondary N) is 1. The van der Waals surface area contributed by atoms with E-state index in [4.69, 9.17) is 21.3 Å². The SMILES string of the molecule is COCCn1cc(-c2ccc3nnn(Cc4ccc5ncccc5c4)c3n2)cn1.Fc1ccc(F)c(Cn2nnc3ccc(-c4cn[nH]c4)nc32)c1Cl. The molecule has 0 saturated carbocycles. The Bertz CT molecular complexity index is 2690. The molecule has 14 nitrogen and oxygen atoms in total. The smallest absolute Gasteiger partial charge is 0.179 e. The van der Waals surface area contributed by atoms with E-state index in [1.54, 1.807) is 37.8 Å². The van der Waals surface area contributed by atoms with E-state index in [9.17, 15) is 8.78 Å². The lowest BCUT2D eigenvalue weighted by Crippen LogP contribution is -2.06. The predicted molar refractivity (Wildman–Crippen MR) is 193 cm³/mol. The van der Waals surface area contributed by atoms with Crippen LogP contribution in [0.2, 0.25) is 5.02 Å². The van der Waals surface area contributed by atoms with Gasteiger partial charge in [0.25, 0.3) is 0 Å². The highest BCUT2D eigenvalue weighted by Gasteiger charge is 2.16. The molecule has 0 fully saturated rings. The zero-order valence-corrected chi connectivity index (χ0v) is 28.7. The third-order valence-electron chi connectivity index (χ3n) is 8.41. The van der Waals surface area contributed by atoms with E-state index in [2.05, 4.69) is 64.1 Å². The Morgan fingerprint density at radius 2 is 1.51 bits per heavy atom. The molecule has 0 bridgehead atoms. The molecular weight excluding hydrogens is 704 g/mol. The van der Waals surface area contributed by atoms with Crippen molar-refractivity contribution in [3.05, 3.63) is 125 Å². The largest absolute Gasteiger partial charge is 0.383 e. The first kappa shape index (κ1) is 33.6. The summed E-state index contributed by atoms with van der Waals surface area (Å²) >= 11 is 5.87. The first-order valence-corrected chi connectivity index (χ1v) is 16.7. The summed E-state index contributed by atoms with van der Waals surface area (Å²) in [6, 6.07) is 19.6. The van der Waals surface area contributed by atoms with Crippen molar-refractivity contribution in [3.63, 3.8) is 0 Å². The van der Waals surface area contributed by atoms with Crippen molar-refractivity contribution in [2.75, 3.05) is 13.7 Å². The molecule has 1 N–H and O–H groups in total. The van der Waals surface area contributed by atoms with Gasteiger partial charge >= 0.3 is 0 Å². The van der Waals surface area contributed by atoms with Crippen molar-refractivity contribution in [3.8, 4) is 22.5 Å². The highest BCUT2D eigenvalue weighted by molar-refractivity contribution is 6.31. The molecule has 2 aromatic carbocycles. The number of aromatic amines is 1. The molecule has 7 heterocycles. The molecular formula is C36H28ClF2N13O. The van der Waals surface area contributed by atoms with Crippen molar-refractivity contribution in [1.82, 2.24) is 64.9 Å². The summed E-state index contributed by atoms with van der Waals surface area (Å²) in [6.45, 7) is 1.83. The Hall–Kier alpha value is -6.52. The molecule has 0 radical (unpaired) electrons. The second-order valence-corrected chi connectivity index (χ2v) is 12.3. The maximum Gasteiger partial charge on any atom is 0.179 e. The minimum absolute atomic E-state index is 0.000944. The van der Waals surface area contributed by atoms with Gasteiger partial charge in [-0.05, 0) is 60.2 Å². The summed E-state index contributed by atoms with van der Waals surface area (Å²) < 4.78 is 37.7. The molecule has 0 amide bonds. The van der Waals surface area contributed by atoms with Gasteiger partial charge in [0.2, 0.25) is 0 Å². The summed E-state index contributed by atoms with van der Waals surface area (Å²) in [5, 5.41) is 28.3. The van der Waals surface area contributed by atoms with Crippen LogP contribution >= 0.6 is 11.6 Å². The molecule has 0 saturated heterocycles. The van der Waals surface area contributed by atoms with Crippen LogP contribution in [0, 0.1) is 11.6 Å². The molecule has 0 aliphatic carbocycles. The number of halogens is 3. The average molecular weight is 732 g/mol. The van der Waals surface area contributed by atoms with Crippen molar-refractivity contribution in [1.29, 1.82) is 0 Å². The van der Waals surface area contributed by atoms with Crippen molar-refractivity contribution < 1.29 is 13.5 Å². The maximum absolute atomic E-state index is 14.0. The van der Waals surface area contributed by atoms with Gasteiger partial charge in [0, 0.05) is 47.8 Å². The third kappa shape index (κ3) is 7.04. The van der Waals surface area contributed by atoms with Gasteiger partial charge in [0.1, 0.15) is 22.7 Å². The minimum Gasteiger partial charge on any atom is -0.383 e. The molecule has 7 aromatic heterocycles. The van der Waals surface area contributed by atoms with Crippen LogP contribution in [0.1, 0.15) is 11.1 Å². The van der Waals surface area contributed by atoms with Crippen molar-refractivity contribution in [2.24, 2.45) is 0 Å². The quantitative estimate of drug-likeness (QED) is 0.171. The zero-order valence-electron chi connectivity index (χ0n) is 28.0. The summed E-state index contributed by atoms with van der Waals surface area (Å²) in [4.78, 5) is 13.6. The Labute approximate surface area is 304 Å². The standard InChI is InChI=1S/C21H19N7O.C15H9ClF2N6/c1-29-10-9-27-14-17(12-23-27)19-6-7-20-21(24-19)28(26-25-20)13-15-4-5-18-16(11-15)3-2-8-22-18;16-14-9(10(17)1-2-11(14)18)7-24-15-13(22-23-24)4-3-12(21-15)8-5-19-20-6-8/h2-8,11-12,14H,9-10,13H2,1H3;1-6H,7H2,(H,19,20). The Kier molecular flexibility index (Phi) is 9.27. The highest BCUT2D eigenvalue weighted by Crippen LogP contribution is 2.26. The van der Waals surface area contributed by atoms with Crippen LogP contribution in [-0.4, -0.2) is 78.6 Å². The van der Waals surface area contributed by atoms with E-state index in [0.717, 1.165) is 56.6 Å². The second kappa shape index (κ2) is 14.6. The fraction of sp³-hybridized carbons (Fsp3) is 0.139. The van der Waals surface area contributed by atoms with Crippen LogP contribution < -0.4 is 0 Å². The van der Waals surface area contributed by atoms with E-state index in [-0.39, 0.29) is 17.1 Å². The number of methoxy groups -OCH3 is 1. The predicted octanol–water partition coefficient (Wildman–Crippen LogP) is 6.13. The topological polar surface area (TPSA) is 156 Å². The van der Waals surface area contributed by atoms with Crippen molar-refractivity contribution >= 4 is 44.8 Å². The molecule has 0 aliphatic heterocycles. The Balaban J connectivity index is 0.000000154.